The minimum Gasteiger partial charge on any atom is -0.394 e. The number of nitrogens with one attached hydrogen (secondary N) is 1. The monoisotopic (exact) mass is 636 g/mol. The number of aliphatic hydroxyl groups is 3. The van der Waals surface area contributed by atoms with Gasteiger partial charge in [-0.2, -0.15) is 0 Å². The molecule has 0 aromatic carbocycles. The van der Waals surface area contributed by atoms with Gasteiger partial charge in [-0.25, -0.2) is 0 Å². The lowest BCUT2D eigenvalue weighted by molar-refractivity contribution is -0.131. The molecule has 0 spiro atoms. The molecular weight excluding hydrogens is 558 g/mol. The van der Waals surface area contributed by atoms with E-state index in [2.05, 4.69) is 31.3 Å². The average Bonchev–Trinajstić information content (AvgIpc) is 3.04. The maximum atomic E-state index is 12.4. The summed E-state index contributed by atoms with van der Waals surface area (Å²) >= 11 is 0. The highest BCUT2D eigenvalue weighted by atomic mass is 16.3. The van der Waals surface area contributed by atoms with Crippen LogP contribution in [0.3, 0.4) is 0 Å². The third-order valence-electron chi connectivity index (χ3n) is 9.04. The molecule has 3 unspecified atom stereocenters. The van der Waals surface area contributed by atoms with Crippen LogP contribution in [-0.2, 0) is 4.79 Å². The largest absolute Gasteiger partial charge is 0.394 e. The summed E-state index contributed by atoms with van der Waals surface area (Å²) in [7, 11) is 0. The van der Waals surface area contributed by atoms with Gasteiger partial charge in [0.2, 0.25) is 5.91 Å². The van der Waals surface area contributed by atoms with Crippen LogP contribution in [-0.4, -0.2) is 46.1 Å². The number of hydrogen-bond acceptors (Lipinski definition) is 4. The van der Waals surface area contributed by atoms with Gasteiger partial charge >= 0.3 is 0 Å². The van der Waals surface area contributed by atoms with Crippen LogP contribution in [0.1, 0.15) is 200 Å². The van der Waals surface area contributed by atoms with Crippen molar-refractivity contribution >= 4 is 5.91 Å². The minimum absolute atomic E-state index is 0.373. The third-order valence-corrected chi connectivity index (χ3v) is 9.04. The van der Waals surface area contributed by atoms with Crippen LogP contribution in [0.2, 0.25) is 0 Å². The number of aliphatic hydroxyl groups excluding tert-OH is 3. The number of hydrogen-bond donors (Lipinski definition) is 4. The zero-order valence-corrected chi connectivity index (χ0v) is 30.0. The van der Waals surface area contributed by atoms with Crippen molar-refractivity contribution < 1.29 is 20.1 Å². The van der Waals surface area contributed by atoms with Gasteiger partial charge < -0.3 is 20.6 Å². The third kappa shape index (κ3) is 31.2. The number of carbonyl (C=O) groups excluding carboxylic acids is 1. The van der Waals surface area contributed by atoms with E-state index in [1.54, 1.807) is 6.08 Å². The standard InChI is InChI=1S/C40H77NO4/c1-3-5-7-9-11-13-15-17-18-19-20-21-22-23-25-26-28-30-32-34-38(43)37(36-42)41-40(45)39(44)35-33-31-29-27-24-16-14-12-10-8-6-4-2/h25-26,32,34,37-39,42-44H,3-24,27-31,33,35-36H2,1-2H3,(H,41,45)/b26-25+,34-32+. The molecule has 0 saturated carbocycles. The molecule has 0 aromatic rings. The highest BCUT2D eigenvalue weighted by Crippen LogP contribution is 2.15. The fourth-order valence-corrected chi connectivity index (χ4v) is 5.91. The Hall–Kier alpha value is -1.17. The first-order valence-corrected chi connectivity index (χ1v) is 19.7. The van der Waals surface area contributed by atoms with Gasteiger partial charge in [0.25, 0.3) is 0 Å². The van der Waals surface area contributed by atoms with Gasteiger partial charge in [0.15, 0.2) is 0 Å². The van der Waals surface area contributed by atoms with Gasteiger partial charge in [-0.1, -0.05) is 192 Å². The van der Waals surface area contributed by atoms with E-state index in [9.17, 15) is 20.1 Å². The van der Waals surface area contributed by atoms with Gasteiger partial charge in [-0.05, 0) is 32.1 Å². The molecule has 0 aliphatic rings. The number of rotatable bonds is 35. The summed E-state index contributed by atoms with van der Waals surface area (Å²) in [6.07, 6.45) is 42.0. The molecule has 0 bridgehead atoms. The number of allylic oxidation sites excluding steroid dienone is 3. The molecule has 5 heteroatoms. The van der Waals surface area contributed by atoms with E-state index in [1.165, 1.54) is 141 Å². The van der Waals surface area contributed by atoms with Crippen molar-refractivity contribution in [3.05, 3.63) is 24.3 Å². The van der Waals surface area contributed by atoms with E-state index in [0.717, 1.165) is 38.5 Å². The molecule has 0 fully saturated rings. The van der Waals surface area contributed by atoms with E-state index < -0.39 is 24.2 Å². The molecule has 4 N–H and O–H groups in total. The van der Waals surface area contributed by atoms with Crippen LogP contribution in [0, 0.1) is 0 Å². The van der Waals surface area contributed by atoms with E-state index in [4.69, 9.17) is 0 Å². The van der Waals surface area contributed by atoms with Crippen molar-refractivity contribution in [3.63, 3.8) is 0 Å². The zero-order chi connectivity index (χ0) is 33.1. The SMILES string of the molecule is CCCCCCCCCCCCCCC/C=C/CC/C=C/C(O)C(CO)NC(=O)C(O)CCCCCCCCCCCCCC. The topological polar surface area (TPSA) is 89.8 Å². The molecule has 0 saturated heterocycles. The van der Waals surface area contributed by atoms with Gasteiger partial charge in [-0.3, -0.25) is 4.79 Å². The van der Waals surface area contributed by atoms with Crippen molar-refractivity contribution in [2.75, 3.05) is 6.61 Å². The predicted molar refractivity (Wildman–Crippen MR) is 195 cm³/mol. The highest BCUT2D eigenvalue weighted by molar-refractivity contribution is 5.80. The molecule has 0 aliphatic heterocycles. The van der Waals surface area contributed by atoms with Crippen molar-refractivity contribution in [1.29, 1.82) is 0 Å². The summed E-state index contributed by atoms with van der Waals surface area (Å²) < 4.78 is 0. The van der Waals surface area contributed by atoms with Crippen molar-refractivity contribution in [2.24, 2.45) is 0 Å². The van der Waals surface area contributed by atoms with Crippen molar-refractivity contribution in [1.82, 2.24) is 5.32 Å². The second kappa shape index (κ2) is 35.7. The zero-order valence-electron chi connectivity index (χ0n) is 30.0. The van der Waals surface area contributed by atoms with E-state index in [-0.39, 0.29) is 6.61 Å². The Morgan fingerprint density at radius 3 is 1.36 bits per heavy atom. The molecule has 5 nitrogen and oxygen atoms in total. The lowest BCUT2D eigenvalue weighted by Crippen LogP contribution is -2.48. The van der Waals surface area contributed by atoms with E-state index >= 15 is 0 Å². The average molecular weight is 636 g/mol. The number of amides is 1. The molecule has 266 valence electrons. The first-order valence-electron chi connectivity index (χ1n) is 19.7. The molecule has 0 aliphatic carbocycles. The molecule has 0 radical (unpaired) electrons. The first-order chi connectivity index (χ1) is 22.1. The maximum absolute atomic E-state index is 12.4. The molecule has 0 aromatic heterocycles. The summed E-state index contributed by atoms with van der Waals surface area (Å²) in [4.78, 5) is 12.4. The summed E-state index contributed by atoms with van der Waals surface area (Å²) in [5, 5.41) is 32.9. The highest BCUT2D eigenvalue weighted by Gasteiger charge is 2.22. The Bertz CT molecular complexity index is 665. The van der Waals surface area contributed by atoms with E-state index in [1.807, 2.05) is 6.08 Å². The quantitative estimate of drug-likeness (QED) is 0.0412. The van der Waals surface area contributed by atoms with Gasteiger partial charge in [0, 0.05) is 0 Å². The Balaban J connectivity index is 3.75. The Kier molecular flexibility index (Phi) is 34.8. The van der Waals surface area contributed by atoms with Gasteiger partial charge in [-0.15, -0.1) is 0 Å². The Labute approximate surface area is 280 Å². The van der Waals surface area contributed by atoms with Crippen LogP contribution < -0.4 is 5.32 Å². The molecule has 0 rings (SSSR count). The maximum Gasteiger partial charge on any atom is 0.249 e. The molecule has 0 heterocycles. The first kappa shape index (κ1) is 43.8. The lowest BCUT2D eigenvalue weighted by Gasteiger charge is -2.21. The lowest BCUT2D eigenvalue weighted by atomic mass is 10.0. The van der Waals surface area contributed by atoms with Crippen LogP contribution in [0.5, 0.6) is 0 Å². The summed E-state index contributed by atoms with van der Waals surface area (Å²) in [5.41, 5.74) is 0. The molecule has 45 heavy (non-hydrogen) atoms. The van der Waals surface area contributed by atoms with E-state index in [0.29, 0.717) is 6.42 Å². The predicted octanol–water partition coefficient (Wildman–Crippen LogP) is 10.7. The molecule has 3 atom stereocenters. The summed E-state index contributed by atoms with van der Waals surface area (Å²) in [6.45, 7) is 4.16. The van der Waals surface area contributed by atoms with Crippen molar-refractivity contribution in [3.8, 4) is 0 Å². The second-order valence-corrected chi connectivity index (χ2v) is 13.5. The molecule has 1 amide bonds. The van der Waals surface area contributed by atoms with Gasteiger partial charge in [0.05, 0.1) is 18.8 Å². The van der Waals surface area contributed by atoms with Crippen LogP contribution in [0.25, 0.3) is 0 Å². The Morgan fingerprint density at radius 2 is 0.911 bits per heavy atom. The van der Waals surface area contributed by atoms with Crippen molar-refractivity contribution in [2.45, 2.75) is 218 Å². The number of unbranched alkanes of at least 4 members (excludes halogenated alkanes) is 25. The molecular formula is C40H77NO4. The fraction of sp³-hybridized carbons (Fsp3) is 0.875. The summed E-state index contributed by atoms with van der Waals surface area (Å²) in [5.74, 6) is -0.513. The fourth-order valence-electron chi connectivity index (χ4n) is 5.91. The van der Waals surface area contributed by atoms with Gasteiger partial charge in [0.1, 0.15) is 6.10 Å². The smallest absolute Gasteiger partial charge is 0.249 e. The van der Waals surface area contributed by atoms with Crippen LogP contribution in [0.15, 0.2) is 24.3 Å². The normalized spacial score (nSPS) is 14.0. The summed E-state index contributed by atoms with van der Waals surface area (Å²) in [6, 6.07) is -0.809. The number of carbonyl (C=O) groups is 1. The second-order valence-electron chi connectivity index (χ2n) is 13.5. The van der Waals surface area contributed by atoms with Crippen LogP contribution in [0.4, 0.5) is 0 Å². The minimum atomic E-state index is -1.10. The Morgan fingerprint density at radius 1 is 0.533 bits per heavy atom. The van der Waals surface area contributed by atoms with Crippen LogP contribution >= 0.6 is 0 Å².